The van der Waals surface area contributed by atoms with Gasteiger partial charge < -0.3 is 4.84 Å². The molecule has 0 saturated heterocycles. The van der Waals surface area contributed by atoms with E-state index in [4.69, 9.17) is 51.2 Å². The maximum atomic E-state index is 14.2. The molecule has 1 unspecified atom stereocenters. The van der Waals surface area contributed by atoms with Crippen LogP contribution in [0.2, 0.25) is 14.4 Å². The summed E-state index contributed by atoms with van der Waals surface area (Å²) >= 11 is 25.2. The summed E-state index contributed by atoms with van der Waals surface area (Å²) in [6.07, 6.45) is -2.39. The summed E-state index contributed by atoms with van der Waals surface area (Å²) in [6.45, 7) is 0. The zero-order valence-electron chi connectivity index (χ0n) is 14.3. The van der Waals surface area contributed by atoms with Crippen LogP contribution in [0.15, 0.2) is 5.16 Å². The predicted octanol–water partition coefficient (Wildman–Crippen LogP) is 7.61. The van der Waals surface area contributed by atoms with Crippen molar-refractivity contribution in [1.82, 2.24) is 0 Å². The lowest BCUT2D eigenvalue weighted by Gasteiger charge is -2.28. The molecule has 0 saturated carbocycles. The summed E-state index contributed by atoms with van der Waals surface area (Å²) in [6, 6.07) is 0. The number of rotatable bonds is 3. The van der Waals surface area contributed by atoms with Gasteiger partial charge in [-0.2, -0.15) is 13.2 Å². The number of oxime groups is 1. The van der Waals surface area contributed by atoms with Crippen molar-refractivity contribution >= 4 is 80.0 Å². The topological polar surface area (TPSA) is 38.7 Å². The SMILES string of the molecule is O=C(Cl)c1sc(C2=NOC(c3sc(Cl)c(Cl)c3Cl)(C(F)(F)F)C2)c2c1CCCC2. The van der Waals surface area contributed by atoms with Crippen LogP contribution in [0.1, 0.15) is 49.8 Å². The average molecular weight is 523 g/mol. The molecule has 29 heavy (non-hydrogen) atoms. The Morgan fingerprint density at radius 2 is 1.72 bits per heavy atom. The summed E-state index contributed by atoms with van der Waals surface area (Å²) < 4.78 is 42.5. The Balaban J connectivity index is 1.80. The molecule has 3 nitrogen and oxygen atoms in total. The zero-order valence-corrected chi connectivity index (χ0v) is 18.9. The van der Waals surface area contributed by atoms with Crippen LogP contribution in [0, 0.1) is 0 Å². The Morgan fingerprint density at radius 3 is 2.28 bits per heavy atom. The van der Waals surface area contributed by atoms with E-state index in [1.165, 1.54) is 0 Å². The first kappa shape index (κ1) is 21.7. The molecule has 1 aliphatic carbocycles. The van der Waals surface area contributed by atoms with Crippen LogP contribution in [0.25, 0.3) is 0 Å². The van der Waals surface area contributed by atoms with Gasteiger partial charge in [0.15, 0.2) is 0 Å². The van der Waals surface area contributed by atoms with E-state index < -0.39 is 23.4 Å². The molecule has 4 rings (SSSR count). The number of hydrogen-bond donors (Lipinski definition) is 0. The molecule has 0 N–H and O–H groups in total. The normalized spacial score (nSPS) is 21.7. The average Bonchev–Trinajstić information content (AvgIpc) is 3.32. The fourth-order valence-electron chi connectivity index (χ4n) is 3.61. The molecular formula is C17H10Cl4F3NO2S2. The van der Waals surface area contributed by atoms with Gasteiger partial charge in [0.05, 0.1) is 31.1 Å². The molecule has 0 fully saturated rings. The molecule has 12 heteroatoms. The first-order valence-electron chi connectivity index (χ1n) is 8.37. The fraction of sp³-hybridized carbons (Fsp3) is 0.412. The molecule has 0 bridgehead atoms. The first-order chi connectivity index (χ1) is 13.6. The Kier molecular flexibility index (Phi) is 5.67. The highest BCUT2D eigenvalue weighted by molar-refractivity contribution is 7.18. The first-order valence-corrected chi connectivity index (χ1v) is 11.5. The molecule has 1 aliphatic heterocycles. The third kappa shape index (κ3) is 3.40. The molecule has 0 radical (unpaired) electrons. The summed E-state index contributed by atoms with van der Waals surface area (Å²) in [7, 11) is 0. The third-order valence-corrected chi connectivity index (χ3v) is 9.31. The van der Waals surface area contributed by atoms with Crippen LogP contribution in [-0.4, -0.2) is 17.1 Å². The highest BCUT2D eigenvalue weighted by atomic mass is 35.5. The van der Waals surface area contributed by atoms with Gasteiger partial charge in [-0.3, -0.25) is 4.79 Å². The lowest BCUT2D eigenvalue weighted by Crippen LogP contribution is -2.42. The van der Waals surface area contributed by atoms with Crippen molar-refractivity contribution in [3.63, 3.8) is 0 Å². The number of fused-ring (bicyclic) bond motifs is 1. The Labute approximate surface area is 191 Å². The standard InChI is InChI=1S/C17H10Cl4F3NO2S2/c18-9-10(19)15(21)29-13(9)16(17(22,23)24)5-8(25-27-16)11-6-3-1-2-4-7(6)12(28-11)14(20)26/h1-5H2. The van der Waals surface area contributed by atoms with Gasteiger partial charge in [-0.05, 0) is 48.4 Å². The Morgan fingerprint density at radius 1 is 1.07 bits per heavy atom. The maximum absolute atomic E-state index is 14.2. The summed E-state index contributed by atoms with van der Waals surface area (Å²) in [4.78, 5) is 17.3. The van der Waals surface area contributed by atoms with E-state index in [-0.39, 0.29) is 25.0 Å². The minimum Gasteiger partial charge on any atom is -0.373 e. The second-order valence-corrected chi connectivity index (χ2v) is 10.4. The van der Waals surface area contributed by atoms with Crippen LogP contribution in [-0.2, 0) is 23.3 Å². The van der Waals surface area contributed by atoms with Gasteiger partial charge >= 0.3 is 6.18 Å². The van der Waals surface area contributed by atoms with Gasteiger partial charge in [0.1, 0.15) is 10.0 Å². The van der Waals surface area contributed by atoms with Crippen molar-refractivity contribution in [2.24, 2.45) is 5.16 Å². The van der Waals surface area contributed by atoms with Gasteiger partial charge in [0.2, 0.25) is 0 Å². The number of carbonyl (C=O) groups excluding carboxylic acids is 1. The van der Waals surface area contributed by atoms with E-state index >= 15 is 0 Å². The maximum Gasteiger partial charge on any atom is 0.436 e. The van der Waals surface area contributed by atoms with Crippen molar-refractivity contribution in [3.8, 4) is 0 Å². The van der Waals surface area contributed by atoms with E-state index in [9.17, 15) is 18.0 Å². The molecule has 1 atom stereocenters. The van der Waals surface area contributed by atoms with Crippen LogP contribution < -0.4 is 0 Å². The molecule has 2 aliphatic rings. The van der Waals surface area contributed by atoms with Crippen LogP contribution in [0.4, 0.5) is 13.2 Å². The summed E-state index contributed by atoms with van der Waals surface area (Å²) in [5, 5.41) is 2.69. The van der Waals surface area contributed by atoms with Crippen molar-refractivity contribution in [3.05, 3.63) is 40.1 Å². The highest BCUT2D eigenvalue weighted by Gasteiger charge is 2.64. The van der Waals surface area contributed by atoms with Gasteiger partial charge in [0.25, 0.3) is 10.8 Å². The van der Waals surface area contributed by atoms with Gasteiger partial charge in [-0.1, -0.05) is 40.0 Å². The third-order valence-electron chi connectivity index (χ3n) is 4.97. The number of nitrogens with zero attached hydrogens (tertiary/aromatic N) is 1. The Bertz CT molecular complexity index is 1050. The quantitative estimate of drug-likeness (QED) is 0.389. The van der Waals surface area contributed by atoms with Crippen molar-refractivity contribution in [2.75, 3.05) is 0 Å². The van der Waals surface area contributed by atoms with Gasteiger partial charge in [0, 0.05) is 0 Å². The number of halogens is 7. The molecule has 0 aromatic carbocycles. The molecule has 0 spiro atoms. The smallest absolute Gasteiger partial charge is 0.373 e. The lowest BCUT2D eigenvalue weighted by molar-refractivity contribution is -0.274. The number of hydrogen-bond acceptors (Lipinski definition) is 5. The molecule has 2 aromatic rings. The van der Waals surface area contributed by atoms with Crippen LogP contribution in [0.5, 0.6) is 0 Å². The molecule has 156 valence electrons. The Hall–Kier alpha value is -0.510. The molecule has 3 heterocycles. The highest BCUT2D eigenvalue weighted by Crippen LogP contribution is 2.56. The summed E-state index contributed by atoms with van der Waals surface area (Å²) in [5.74, 6) is 0. The van der Waals surface area contributed by atoms with E-state index in [0.717, 1.165) is 35.3 Å². The number of carbonyl (C=O) groups is 1. The van der Waals surface area contributed by atoms with E-state index in [1.807, 2.05) is 0 Å². The molecule has 2 aromatic heterocycles. The zero-order chi connectivity index (χ0) is 21.1. The van der Waals surface area contributed by atoms with E-state index in [1.54, 1.807) is 0 Å². The fourth-order valence-corrected chi connectivity index (χ4v) is 7.06. The number of alkyl halides is 3. The lowest BCUT2D eigenvalue weighted by atomic mass is 9.88. The van der Waals surface area contributed by atoms with Crippen molar-refractivity contribution < 1.29 is 22.8 Å². The van der Waals surface area contributed by atoms with Gasteiger partial charge in [-0.25, -0.2) is 0 Å². The number of thiophene rings is 2. The summed E-state index contributed by atoms with van der Waals surface area (Å²) in [5.41, 5.74) is -1.08. The van der Waals surface area contributed by atoms with Crippen LogP contribution in [0.3, 0.4) is 0 Å². The van der Waals surface area contributed by atoms with Crippen LogP contribution >= 0.6 is 69.1 Å². The minimum atomic E-state index is -4.83. The van der Waals surface area contributed by atoms with Crippen molar-refractivity contribution in [1.29, 1.82) is 0 Å². The monoisotopic (exact) mass is 521 g/mol. The predicted molar refractivity (Wildman–Crippen MR) is 110 cm³/mol. The second kappa shape index (κ2) is 7.57. The second-order valence-electron chi connectivity index (χ2n) is 6.66. The molecular weight excluding hydrogens is 513 g/mol. The minimum absolute atomic E-state index is 0.0594. The van der Waals surface area contributed by atoms with E-state index in [0.29, 0.717) is 33.9 Å². The largest absolute Gasteiger partial charge is 0.436 e. The molecule has 0 amide bonds. The van der Waals surface area contributed by atoms with Gasteiger partial charge in [-0.15, -0.1) is 22.7 Å². The van der Waals surface area contributed by atoms with E-state index in [2.05, 4.69) is 5.16 Å². The van der Waals surface area contributed by atoms with Crippen molar-refractivity contribution in [2.45, 2.75) is 43.9 Å².